The lowest BCUT2D eigenvalue weighted by molar-refractivity contribution is 0.628. The summed E-state index contributed by atoms with van der Waals surface area (Å²) in [5.74, 6) is 0.459. The highest BCUT2D eigenvalue weighted by molar-refractivity contribution is 7.98. The van der Waals surface area contributed by atoms with E-state index in [9.17, 15) is 4.39 Å². The normalized spacial score (nSPS) is 11.2. The van der Waals surface area contributed by atoms with Crippen molar-refractivity contribution in [1.29, 1.82) is 0 Å². The van der Waals surface area contributed by atoms with Crippen molar-refractivity contribution in [1.82, 2.24) is 9.97 Å². The molecule has 0 N–H and O–H groups in total. The Hall–Kier alpha value is -1.66. The van der Waals surface area contributed by atoms with Crippen LogP contribution in [-0.2, 0) is 5.75 Å². The monoisotopic (exact) mass is 420 g/mol. The van der Waals surface area contributed by atoms with Gasteiger partial charge in [0.2, 0.25) is 0 Å². The fraction of sp³-hybridized carbons (Fsp3) is 0.0526. The van der Waals surface area contributed by atoms with Gasteiger partial charge in [-0.25, -0.2) is 14.4 Å². The van der Waals surface area contributed by atoms with Crippen LogP contribution >= 0.6 is 46.3 Å². The third-order valence-electron chi connectivity index (χ3n) is 3.85. The summed E-state index contributed by atoms with van der Waals surface area (Å²) in [5, 5.41) is 5.01. The standard InChI is InChI=1S/C19H11Cl2FN2S2/c20-15-6-1-11(7-16(15)21)8-25-18-17-14(9-26-19(17)24-10-23-18)12-2-4-13(22)5-3-12/h1-7,9-10H,8H2. The molecule has 0 saturated heterocycles. The van der Waals surface area contributed by atoms with Gasteiger partial charge in [0.05, 0.1) is 15.4 Å². The molecule has 0 bridgehead atoms. The van der Waals surface area contributed by atoms with Crippen LogP contribution < -0.4 is 0 Å². The zero-order valence-corrected chi connectivity index (χ0v) is 16.4. The highest BCUT2D eigenvalue weighted by Gasteiger charge is 2.14. The molecule has 0 aliphatic heterocycles. The maximum Gasteiger partial charge on any atom is 0.128 e. The van der Waals surface area contributed by atoms with E-state index in [0.717, 1.165) is 31.9 Å². The molecule has 26 heavy (non-hydrogen) atoms. The van der Waals surface area contributed by atoms with Crippen molar-refractivity contribution in [3.05, 3.63) is 75.6 Å². The molecule has 0 spiro atoms. The second-order valence-corrected chi connectivity index (χ2v) is 8.19. The highest BCUT2D eigenvalue weighted by atomic mass is 35.5. The number of nitrogens with zero attached hydrogens (tertiary/aromatic N) is 2. The Kier molecular flexibility index (Phi) is 5.14. The molecule has 0 saturated carbocycles. The van der Waals surface area contributed by atoms with Gasteiger partial charge in [-0.15, -0.1) is 23.1 Å². The van der Waals surface area contributed by atoms with Crippen LogP contribution in [-0.4, -0.2) is 9.97 Å². The lowest BCUT2D eigenvalue weighted by atomic mass is 10.1. The molecule has 0 aliphatic carbocycles. The predicted octanol–water partition coefficient (Wildman–Crippen LogP) is 7.10. The number of thiophene rings is 1. The molecule has 4 aromatic rings. The van der Waals surface area contributed by atoms with Crippen LogP contribution in [0.5, 0.6) is 0 Å². The lowest BCUT2D eigenvalue weighted by Crippen LogP contribution is -1.88. The average Bonchev–Trinajstić information content (AvgIpc) is 3.08. The van der Waals surface area contributed by atoms with Crippen LogP contribution in [0, 0.1) is 5.82 Å². The SMILES string of the molecule is Fc1ccc(-c2csc3ncnc(SCc4ccc(Cl)c(Cl)c4)c23)cc1. The number of rotatable bonds is 4. The van der Waals surface area contributed by atoms with E-state index in [0.29, 0.717) is 15.8 Å². The fourth-order valence-electron chi connectivity index (χ4n) is 2.58. The summed E-state index contributed by atoms with van der Waals surface area (Å²) in [6.07, 6.45) is 1.57. The Morgan fingerprint density at radius 1 is 1.00 bits per heavy atom. The molecule has 0 aliphatic rings. The summed E-state index contributed by atoms with van der Waals surface area (Å²) >= 11 is 15.2. The summed E-state index contributed by atoms with van der Waals surface area (Å²) in [4.78, 5) is 9.74. The minimum absolute atomic E-state index is 0.251. The second kappa shape index (κ2) is 7.53. The predicted molar refractivity (Wildman–Crippen MR) is 109 cm³/mol. The maximum absolute atomic E-state index is 13.2. The first-order valence-electron chi connectivity index (χ1n) is 7.66. The van der Waals surface area contributed by atoms with Crippen LogP contribution in [0.25, 0.3) is 21.3 Å². The number of benzene rings is 2. The number of fused-ring (bicyclic) bond motifs is 1. The summed E-state index contributed by atoms with van der Waals surface area (Å²) in [7, 11) is 0. The first-order chi connectivity index (χ1) is 12.6. The first-order valence-corrected chi connectivity index (χ1v) is 10.3. The molecular weight excluding hydrogens is 410 g/mol. The van der Waals surface area contributed by atoms with Crippen molar-refractivity contribution >= 4 is 56.5 Å². The molecule has 2 heterocycles. The van der Waals surface area contributed by atoms with Crippen LogP contribution in [0.4, 0.5) is 4.39 Å². The second-order valence-electron chi connectivity index (χ2n) is 5.55. The van der Waals surface area contributed by atoms with Gasteiger partial charge in [0.25, 0.3) is 0 Å². The van der Waals surface area contributed by atoms with Gasteiger partial charge in [-0.1, -0.05) is 41.4 Å². The van der Waals surface area contributed by atoms with Gasteiger partial charge in [-0.05, 0) is 35.4 Å². The molecule has 2 nitrogen and oxygen atoms in total. The van der Waals surface area contributed by atoms with E-state index in [2.05, 4.69) is 9.97 Å². The van der Waals surface area contributed by atoms with Gasteiger partial charge in [-0.2, -0.15) is 0 Å². The first kappa shape index (κ1) is 17.7. The number of hydrogen-bond donors (Lipinski definition) is 0. The Bertz CT molecular complexity index is 1080. The van der Waals surface area contributed by atoms with Crippen LogP contribution in [0.2, 0.25) is 10.0 Å². The largest absolute Gasteiger partial charge is 0.229 e. The smallest absolute Gasteiger partial charge is 0.128 e. The van der Waals surface area contributed by atoms with Crippen molar-refractivity contribution in [3.8, 4) is 11.1 Å². The van der Waals surface area contributed by atoms with Crippen molar-refractivity contribution in [2.45, 2.75) is 10.8 Å². The summed E-state index contributed by atoms with van der Waals surface area (Å²) in [6.45, 7) is 0. The van der Waals surface area contributed by atoms with Gasteiger partial charge in [0.15, 0.2) is 0 Å². The zero-order valence-electron chi connectivity index (χ0n) is 13.2. The molecule has 130 valence electrons. The van der Waals surface area contributed by atoms with Crippen molar-refractivity contribution < 1.29 is 4.39 Å². The number of hydrogen-bond acceptors (Lipinski definition) is 4. The summed E-state index contributed by atoms with van der Waals surface area (Å²) < 4.78 is 13.2. The van der Waals surface area contributed by atoms with E-state index >= 15 is 0 Å². The fourth-order valence-corrected chi connectivity index (χ4v) is 4.84. The van der Waals surface area contributed by atoms with Gasteiger partial charge < -0.3 is 0 Å². The lowest BCUT2D eigenvalue weighted by Gasteiger charge is -2.06. The van der Waals surface area contributed by atoms with E-state index in [1.807, 2.05) is 17.5 Å². The molecule has 0 amide bonds. The van der Waals surface area contributed by atoms with Crippen molar-refractivity contribution in [3.63, 3.8) is 0 Å². The quantitative estimate of drug-likeness (QED) is 0.260. The van der Waals surface area contributed by atoms with Gasteiger partial charge in [0, 0.05) is 16.7 Å². The molecule has 2 aromatic heterocycles. The maximum atomic E-state index is 13.2. The Morgan fingerprint density at radius 3 is 2.58 bits per heavy atom. The Labute approximate surface area is 168 Å². The molecule has 0 fully saturated rings. The zero-order chi connectivity index (χ0) is 18.1. The molecule has 7 heteroatoms. The summed E-state index contributed by atoms with van der Waals surface area (Å²) in [6, 6.07) is 12.1. The van der Waals surface area contributed by atoms with Crippen molar-refractivity contribution in [2.24, 2.45) is 0 Å². The minimum atomic E-state index is -0.251. The molecule has 0 radical (unpaired) electrons. The van der Waals surface area contributed by atoms with E-state index in [-0.39, 0.29) is 5.82 Å². The molecule has 0 atom stereocenters. The van der Waals surface area contributed by atoms with Crippen LogP contribution in [0.15, 0.2) is 59.2 Å². The third-order valence-corrected chi connectivity index (χ3v) is 6.54. The van der Waals surface area contributed by atoms with E-state index in [1.165, 1.54) is 12.1 Å². The molecule has 2 aromatic carbocycles. The highest BCUT2D eigenvalue weighted by Crippen LogP contribution is 2.39. The van der Waals surface area contributed by atoms with Gasteiger partial charge >= 0.3 is 0 Å². The number of aromatic nitrogens is 2. The third kappa shape index (κ3) is 3.58. The van der Waals surface area contributed by atoms with Crippen LogP contribution in [0.1, 0.15) is 5.56 Å². The topological polar surface area (TPSA) is 25.8 Å². The number of thioether (sulfide) groups is 1. The van der Waals surface area contributed by atoms with E-state index < -0.39 is 0 Å². The number of halogens is 3. The molecular formula is C19H11Cl2FN2S2. The van der Waals surface area contributed by atoms with Crippen molar-refractivity contribution in [2.75, 3.05) is 0 Å². The van der Waals surface area contributed by atoms with E-state index in [4.69, 9.17) is 23.2 Å². The summed E-state index contributed by atoms with van der Waals surface area (Å²) in [5.41, 5.74) is 3.03. The Balaban J connectivity index is 1.69. The molecule has 4 rings (SSSR count). The minimum Gasteiger partial charge on any atom is -0.229 e. The average molecular weight is 421 g/mol. The molecule has 0 unspecified atom stereocenters. The van der Waals surface area contributed by atoms with Crippen LogP contribution in [0.3, 0.4) is 0 Å². The Morgan fingerprint density at radius 2 is 1.81 bits per heavy atom. The van der Waals surface area contributed by atoms with Gasteiger partial charge in [-0.3, -0.25) is 0 Å². The van der Waals surface area contributed by atoms with Gasteiger partial charge in [0.1, 0.15) is 22.0 Å². The van der Waals surface area contributed by atoms with E-state index in [1.54, 1.807) is 47.6 Å².